The maximum atomic E-state index is 13.0. The number of carbonyl (C=O) groups excluding carboxylic acids is 1. The number of nitro groups is 1. The van der Waals surface area contributed by atoms with Gasteiger partial charge in [-0.1, -0.05) is 48.8 Å². The van der Waals surface area contributed by atoms with Gasteiger partial charge < -0.3 is 19.6 Å². The van der Waals surface area contributed by atoms with Gasteiger partial charge >= 0.3 is 6.03 Å². The standard InChI is InChI=1S/C27H29N7O4/c1-2-3-10-22-29-25(23-24(31-38-26(23)30-22)19-8-5-4-6-9-19)32-15-7-16-33(18-17-32)27(35)28-20-11-13-21(14-12-20)34(36)37/h4-6,8-9,11-14H,2-3,7,10,15-18H2,1H3,(H,28,35). The number of aromatic nitrogens is 3. The first-order chi connectivity index (χ1) is 18.5. The van der Waals surface area contributed by atoms with Crippen LogP contribution in [0, 0.1) is 10.1 Å². The third-order valence-corrected chi connectivity index (χ3v) is 6.58. The number of hydrogen-bond acceptors (Lipinski definition) is 8. The van der Waals surface area contributed by atoms with E-state index in [2.05, 4.69) is 27.3 Å². The summed E-state index contributed by atoms with van der Waals surface area (Å²) in [5, 5.41) is 18.9. The fourth-order valence-electron chi connectivity index (χ4n) is 4.55. The van der Waals surface area contributed by atoms with Crippen molar-refractivity contribution in [2.24, 2.45) is 0 Å². The molecule has 1 saturated heterocycles. The van der Waals surface area contributed by atoms with Crippen molar-refractivity contribution in [2.75, 3.05) is 36.4 Å². The lowest BCUT2D eigenvalue weighted by molar-refractivity contribution is -0.384. The quantitative estimate of drug-likeness (QED) is 0.260. The molecule has 11 nitrogen and oxygen atoms in total. The molecule has 0 aliphatic carbocycles. The number of unbranched alkanes of at least 4 members (excludes halogenated alkanes) is 1. The molecule has 1 N–H and O–H groups in total. The van der Waals surface area contributed by atoms with Gasteiger partial charge in [-0.2, -0.15) is 4.98 Å². The third kappa shape index (κ3) is 5.41. The minimum atomic E-state index is -0.467. The number of nitro benzene ring substituents is 1. The predicted octanol–water partition coefficient (Wildman–Crippen LogP) is 5.28. The SMILES string of the molecule is CCCCc1nc(N2CCCN(C(=O)Nc3ccc([N+](=O)[O-])cc3)CC2)c2c(-c3ccccc3)noc2n1. The van der Waals surface area contributed by atoms with Gasteiger partial charge in [0.05, 0.1) is 4.92 Å². The van der Waals surface area contributed by atoms with Crippen molar-refractivity contribution in [3.8, 4) is 11.3 Å². The van der Waals surface area contributed by atoms with E-state index in [4.69, 9.17) is 9.51 Å². The summed E-state index contributed by atoms with van der Waals surface area (Å²) in [7, 11) is 0. The number of carbonyl (C=O) groups is 1. The zero-order chi connectivity index (χ0) is 26.5. The van der Waals surface area contributed by atoms with E-state index in [1.165, 1.54) is 24.3 Å². The molecule has 0 spiro atoms. The molecule has 1 aliphatic heterocycles. The van der Waals surface area contributed by atoms with Crippen molar-refractivity contribution >= 4 is 34.3 Å². The van der Waals surface area contributed by atoms with E-state index >= 15 is 0 Å². The number of non-ortho nitro benzene ring substituents is 1. The highest BCUT2D eigenvalue weighted by Gasteiger charge is 2.26. The first-order valence-electron chi connectivity index (χ1n) is 12.8. The Hall–Kier alpha value is -4.54. The van der Waals surface area contributed by atoms with Gasteiger partial charge in [0.1, 0.15) is 22.7 Å². The highest BCUT2D eigenvalue weighted by molar-refractivity contribution is 5.98. The first-order valence-corrected chi connectivity index (χ1v) is 12.8. The fourth-order valence-corrected chi connectivity index (χ4v) is 4.55. The maximum Gasteiger partial charge on any atom is 0.321 e. The lowest BCUT2D eigenvalue weighted by Crippen LogP contribution is -2.38. The van der Waals surface area contributed by atoms with Crippen LogP contribution < -0.4 is 10.2 Å². The Balaban J connectivity index is 1.38. The van der Waals surface area contributed by atoms with Crippen molar-refractivity contribution in [3.63, 3.8) is 0 Å². The van der Waals surface area contributed by atoms with Crippen LogP contribution in [0.15, 0.2) is 59.1 Å². The minimum Gasteiger partial charge on any atom is -0.354 e. The number of urea groups is 1. The Labute approximate surface area is 219 Å². The molecule has 196 valence electrons. The van der Waals surface area contributed by atoms with E-state index in [0.717, 1.165) is 48.3 Å². The average molecular weight is 516 g/mol. The van der Waals surface area contributed by atoms with Gasteiger partial charge in [-0.05, 0) is 25.0 Å². The zero-order valence-corrected chi connectivity index (χ0v) is 21.2. The van der Waals surface area contributed by atoms with Crippen molar-refractivity contribution in [1.29, 1.82) is 0 Å². The van der Waals surface area contributed by atoms with E-state index in [-0.39, 0.29) is 11.7 Å². The fraction of sp³-hybridized carbons (Fsp3) is 0.333. The summed E-state index contributed by atoms with van der Waals surface area (Å²) in [6.07, 6.45) is 3.50. The summed E-state index contributed by atoms with van der Waals surface area (Å²) >= 11 is 0. The average Bonchev–Trinajstić information content (AvgIpc) is 3.21. The smallest absolute Gasteiger partial charge is 0.321 e. The second-order valence-corrected chi connectivity index (χ2v) is 9.21. The van der Waals surface area contributed by atoms with Crippen molar-refractivity contribution < 1.29 is 14.2 Å². The molecule has 2 aromatic heterocycles. The van der Waals surface area contributed by atoms with Gasteiger partial charge in [0.15, 0.2) is 0 Å². The van der Waals surface area contributed by atoms with E-state index in [1.54, 1.807) is 4.90 Å². The Morgan fingerprint density at radius 3 is 2.58 bits per heavy atom. The monoisotopic (exact) mass is 515 g/mol. The molecule has 38 heavy (non-hydrogen) atoms. The molecule has 4 aromatic rings. The van der Waals surface area contributed by atoms with Crippen molar-refractivity contribution in [2.45, 2.75) is 32.6 Å². The van der Waals surface area contributed by atoms with Gasteiger partial charge in [-0.3, -0.25) is 10.1 Å². The van der Waals surface area contributed by atoms with Crippen LogP contribution in [0.1, 0.15) is 32.0 Å². The molecule has 0 atom stereocenters. The predicted molar refractivity (Wildman–Crippen MR) is 144 cm³/mol. The first kappa shape index (κ1) is 25.1. The zero-order valence-electron chi connectivity index (χ0n) is 21.2. The maximum absolute atomic E-state index is 13.0. The molecule has 0 radical (unpaired) electrons. The molecule has 2 amide bonds. The van der Waals surface area contributed by atoms with Crippen molar-refractivity contribution in [1.82, 2.24) is 20.0 Å². The molecular formula is C27H29N7O4. The van der Waals surface area contributed by atoms with Crippen LogP contribution in [-0.4, -0.2) is 57.2 Å². The summed E-state index contributed by atoms with van der Waals surface area (Å²) in [5.74, 6) is 1.50. The summed E-state index contributed by atoms with van der Waals surface area (Å²) in [6.45, 7) is 4.47. The Morgan fingerprint density at radius 1 is 1.05 bits per heavy atom. The van der Waals surface area contributed by atoms with E-state index < -0.39 is 4.92 Å². The number of hydrogen-bond donors (Lipinski definition) is 1. The summed E-state index contributed by atoms with van der Waals surface area (Å²) in [4.78, 5) is 37.0. The lowest BCUT2D eigenvalue weighted by Gasteiger charge is -2.24. The van der Waals surface area contributed by atoms with Crippen molar-refractivity contribution in [3.05, 3.63) is 70.5 Å². The van der Waals surface area contributed by atoms with Gasteiger partial charge in [0.25, 0.3) is 11.4 Å². The van der Waals surface area contributed by atoms with Crippen LogP contribution >= 0.6 is 0 Å². The van der Waals surface area contributed by atoms with E-state index in [0.29, 0.717) is 43.3 Å². The third-order valence-electron chi connectivity index (χ3n) is 6.58. The van der Waals surface area contributed by atoms with Crippen LogP contribution in [0.4, 0.5) is 22.0 Å². The lowest BCUT2D eigenvalue weighted by atomic mass is 10.1. The molecule has 1 aliphatic rings. The number of nitrogens with one attached hydrogen (secondary N) is 1. The molecule has 11 heteroatoms. The number of anilines is 2. The Morgan fingerprint density at radius 2 is 1.84 bits per heavy atom. The number of fused-ring (bicyclic) bond motifs is 1. The van der Waals surface area contributed by atoms with Crippen LogP contribution in [0.5, 0.6) is 0 Å². The summed E-state index contributed by atoms with van der Waals surface area (Å²) in [6, 6.07) is 15.4. The van der Waals surface area contributed by atoms with Crippen LogP contribution in [0.25, 0.3) is 22.4 Å². The minimum absolute atomic E-state index is 0.0218. The highest BCUT2D eigenvalue weighted by atomic mass is 16.6. The largest absolute Gasteiger partial charge is 0.354 e. The molecule has 0 saturated carbocycles. The summed E-state index contributed by atoms with van der Waals surface area (Å²) in [5.41, 5.74) is 2.59. The molecule has 2 aromatic carbocycles. The van der Waals surface area contributed by atoms with Gasteiger partial charge in [-0.25, -0.2) is 9.78 Å². The van der Waals surface area contributed by atoms with Gasteiger partial charge in [0.2, 0.25) is 0 Å². The van der Waals surface area contributed by atoms with E-state index in [1.807, 2.05) is 30.3 Å². The number of benzene rings is 2. The highest BCUT2D eigenvalue weighted by Crippen LogP contribution is 2.34. The normalized spacial score (nSPS) is 13.9. The van der Waals surface area contributed by atoms with Crippen LogP contribution in [-0.2, 0) is 6.42 Å². The topological polar surface area (TPSA) is 131 Å². The second-order valence-electron chi connectivity index (χ2n) is 9.21. The number of amides is 2. The van der Waals surface area contributed by atoms with Gasteiger partial charge in [0, 0.05) is 56.0 Å². The van der Waals surface area contributed by atoms with Crippen LogP contribution in [0.2, 0.25) is 0 Å². The van der Waals surface area contributed by atoms with Gasteiger partial charge in [-0.15, -0.1) is 0 Å². The molecule has 0 bridgehead atoms. The number of rotatable bonds is 7. The Bertz CT molecular complexity index is 1420. The number of aryl methyl sites for hydroxylation is 1. The molecule has 1 fully saturated rings. The Kier molecular flexibility index (Phi) is 7.43. The molecule has 5 rings (SSSR count). The molecule has 0 unspecified atom stereocenters. The molecular weight excluding hydrogens is 486 g/mol. The second kappa shape index (κ2) is 11.2. The van der Waals surface area contributed by atoms with Crippen LogP contribution in [0.3, 0.4) is 0 Å². The number of nitrogens with zero attached hydrogens (tertiary/aromatic N) is 6. The van der Waals surface area contributed by atoms with E-state index in [9.17, 15) is 14.9 Å². The summed E-state index contributed by atoms with van der Waals surface area (Å²) < 4.78 is 5.69. The molecule has 3 heterocycles.